The summed E-state index contributed by atoms with van der Waals surface area (Å²) in [6.07, 6.45) is 2.75. The minimum absolute atomic E-state index is 0.0277. The van der Waals surface area contributed by atoms with Crippen molar-refractivity contribution in [1.82, 2.24) is 9.62 Å². The van der Waals surface area contributed by atoms with Gasteiger partial charge in [0.25, 0.3) is 10.0 Å². The fraction of sp³-hybridized carbons (Fsp3) is 0.345. The van der Waals surface area contributed by atoms with Gasteiger partial charge in [0.15, 0.2) is 0 Å². The van der Waals surface area contributed by atoms with Crippen LogP contribution in [-0.4, -0.2) is 66.4 Å². The molecule has 0 spiro atoms. The van der Waals surface area contributed by atoms with Crippen LogP contribution in [-0.2, 0) is 24.8 Å². The zero-order chi connectivity index (χ0) is 30.2. The third-order valence-corrected chi connectivity index (χ3v) is 10.5. The fourth-order valence-corrected chi connectivity index (χ4v) is 7.56. The van der Waals surface area contributed by atoms with Crippen molar-refractivity contribution in [2.24, 2.45) is 0 Å². The number of nitrogens with zero attached hydrogens (tertiary/aromatic N) is 2. The minimum atomic E-state index is -4.15. The molecule has 0 radical (unpaired) electrons. The minimum Gasteiger partial charge on any atom is -0.492 e. The number of anilines is 1. The zero-order valence-electron chi connectivity index (χ0n) is 23.2. The number of carbonyl (C=O) groups is 1. The highest BCUT2D eigenvalue weighted by Crippen LogP contribution is 2.32. The average Bonchev–Trinajstić information content (AvgIpc) is 2.99. The Balaban J connectivity index is 1.39. The van der Waals surface area contributed by atoms with Crippen molar-refractivity contribution in [3.05, 3.63) is 77.8 Å². The van der Waals surface area contributed by atoms with Gasteiger partial charge in [-0.1, -0.05) is 30.2 Å². The summed E-state index contributed by atoms with van der Waals surface area (Å²) in [4.78, 5) is 13.1. The quantitative estimate of drug-likeness (QED) is 0.278. The number of piperidine rings is 1. The molecule has 4 rings (SSSR count). The summed E-state index contributed by atoms with van der Waals surface area (Å²) < 4.78 is 66.7. The Labute approximate surface area is 252 Å². The highest BCUT2D eigenvalue weighted by molar-refractivity contribution is 7.93. The highest BCUT2D eigenvalue weighted by Gasteiger charge is 2.29. The first-order valence-corrected chi connectivity index (χ1v) is 16.9. The highest BCUT2D eigenvalue weighted by atomic mass is 35.5. The molecule has 0 saturated carbocycles. The number of benzene rings is 3. The van der Waals surface area contributed by atoms with E-state index in [2.05, 4.69) is 5.32 Å². The molecule has 10 nitrogen and oxygen atoms in total. The van der Waals surface area contributed by atoms with Gasteiger partial charge in [-0.15, -0.1) is 0 Å². The van der Waals surface area contributed by atoms with E-state index in [0.717, 1.165) is 23.6 Å². The Morgan fingerprint density at radius 1 is 0.881 bits per heavy atom. The topological polar surface area (TPSA) is 122 Å². The SMILES string of the molecule is CCOc1ccccc1N(CC(=O)NCCOc1ccc(S(=O)(=O)N2CCCCC2)cc1)S(=O)(=O)c1ccc(Cl)cc1. The summed E-state index contributed by atoms with van der Waals surface area (Å²) in [5.74, 6) is 0.212. The van der Waals surface area contributed by atoms with Crippen molar-refractivity contribution in [1.29, 1.82) is 0 Å². The van der Waals surface area contributed by atoms with E-state index in [1.165, 1.54) is 40.7 Å². The molecular weight excluding hydrogens is 602 g/mol. The van der Waals surface area contributed by atoms with Gasteiger partial charge in [-0.3, -0.25) is 9.10 Å². The Kier molecular flexibility index (Phi) is 10.7. The number of hydrogen-bond acceptors (Lipinski definition) is 7. The number of halogens is 1. The largest absolute Gasteiger partial charge is 0.492 e. The number of amides is 1. The first-order chi connectivity index (χ1) is 20.1. The lowest BCUT2D eigenvalue weighted by atomic mass is 10.2. The maximum Gasteiger partial charge on any atom is 0.264 e. The van der Waals surface area contributed by atoms with Crippen LogP contribution >= 0.6 is 11.6 Å². The second-order valence-electron chi connectivity index (χ2n) is 9.50. The summed E-state index contributed by atoms with van der Waals surface area (Å²) in [5.41, 5.74) is 0.222. The number of hydrogen-bond donors (Lipinski definition) is 1. The van der Waals surface area contributed by atoms with Crippen molar-refractivity contribution < 1.29 is 31.1 Å². The van der Waals surface area contributed by atoms with Crippen LogP contribution in [0, 0.1) is 0 Å². The van der Waals surface area contributed by atoms with E-state index in [4.69, 9.17) is 21.1 Å². The predicted molar refractivity (Wildman–Crippen MR) is 161 cm³/mol. The standard InChI is InChI=1S/C29H34ClN3O7S2/c1-2-39-28-9-5-4-8-27(28)33(42(37,38)26-14-10-23(30)11-15-26)22-29(34)31-18-21-40-24-12-16-25(17-13-24)41(35,36)32-19-6-3-7-20-32/h4-5,8-17H,2-3,6-7,18-22H2,1H3,(H,31,34). The molecule has 1 aliphatic heterocycles. The van der Waals surface area contributed by atoms with Crippen molar-refractivity contribution in [3.63, 3.8) is 0 Å². The Morgan fingerprint density at radius 3 is 2.19 bits per heavy atom. The van der Waals surface area contributed by atoms with Gasteiger partial charge in [0.1, 0.15) is 24.7 Å². The van der Waals surface area contributed by atoms with Gasteiger partial charge in [-0.2, -0.15) is 4.31 Å². The van der Waals surface area contributed by atoms with Crippen LogP contribution in [0.1, 0.15) is 26.2 Å². The van der Waals surface area contributed by atoms with E-state index in [-0.39, 0.29) is 28.6 Å². The molecule has 0 bridgehead atoms. The lowest BCUT2D eigenvalue weighted by Crippen LogP contribution is -2.42. The first kappa shape index (κ1) is 31.6. The number of para-hydroxylation sites is 2. The number of rotatable bonds is 13. The molecule has 0 atom stereocenters. The second kappa shape index (κ2) is 14.2. The molecule has 1 N–H and O–H groups in total. The van der Waals surface area contributed by atoms with Crippen LogP contribution in [0.3, 0.4) is 0 Å². The van der Waals surface area contributed by atoms with E-state index in [9.17, 15) is 21.6 Å². The van der Waals surface area contributed by atoms with Crippen LogP contribution in [0.25, 0.3) is 0 Å². The van der Waals surface area contributed by atoms with E-state index in [1.54, 1.807) is 43.3 Å². The summed E-state index contributed by atoms with van der Waals surface area (Å²) in [5, 5.41) is 3.06. The van der Waals surface area contributed by atoms with E-state index in [1.807, 2.05) is 0 Å². The molecule has 1 aliphatic rings. The summed E-state index contributed by atoms with van der Waals surface area (Å²) >= 11 is 5.95. The Hall–Kier alpha value is -3.32. The van der Waals surface area contributed by atoms with E-state index >= 15 is 0 Å². The maximum absolute atomic E-state index is 13.6. The van der Waals surface area contributed by atoms with Gasteiger partial charge in [0, 0.05) is 18.1 Å². The van der Waals surface area contributed by atoms with Crippen LogP contribution in [0.2, 0.25) is 5.02 Å². The van der Waals surface area contributed by atoms with Crippen LogP contribution in [0.5, 0.6) is 11.5 Å². The van der Waals surface area contributed by atoms with Gasteiger partial charge in [0.2, 0.25) is 15.9 Å². The van der Waals surface area contributed by atoms with Gasteiger partial charge >= 0.3 is 0 Å². The Morgan fingerprint density at radius 2 is 1.52 bits per heavy atom. The van der Waals surface area contributed by atoms with Gasteiger partial charge < -0.3 is 14.8 Å². The maximum atomic E-state index is 13.6. The van der Waals surface area contributed by atoms with E-state index < -0.39 is 32.5 Å². The van der Waals surface area contributed by atoms with Gasteiger partial charge in [0.05, 0.1) is 28.6 Å². The molecular formula is C29H34ClN3O7S2. The summed E-state index contributed by atoms with van der Waals surface area (Å²) in [6.45, 7) is 2.81. The molecule has 13 heteroatoms. The molecule has 1 saturated heterocycles. The number of sulfonamides is 2. The fourth-order valence-electron chi connectivity index (χ4n) is 4.48. The van der Waals surface area contributed by atoms with Crippen molar-refractivity contribution in [2.75, 3.05) is 43.7 Å². The third kappa shape index (κ3) is 7.74. The van der Waals surface area contributed by atoms with Crippen molar-refractivity contribution >= 4 is 43.2 Å². The molecule has 1 fully saturated rings. The zero-order valence-corrected chi connectivity index (χ0v) is 25.6. The predicted octanol–water partition coefficient (Wildman–Crippen LogP) is 4.30. The number of nitrogens with one attached hydrogen (secondary N) is 1. The van der Waals surface area contributed by atoms with Crippen molar-refractivity contribution in [2.45, 2.75) is 36.0 Å². The lowest BCUT2D eigenvalue weighted by molar-refractivity contribution is -0.119. The molecule has 3 aromatic rings. The first-order valence-electron chi connectivity index (χ1n) is 13.6. The van der Waals surface area contributed by atoms with Crippen LogP contribution < -0.4 is 19.1 Å². The van der Waals surface area contributed by atoms with Gasteiger partial charge in [-0.25, -0.2) is 16.8 Å². The molecule has 0 aliphatic carbocycles. The molecule has 3 aromatic carbocycles. The number of carbonyl (C=O) groups excluding carboxylic acids is 1. The molecule has 42 heavy (non-hydrogen) atoms. The van der Waals surface area contributed by atoms with Crippen LogP contribution in [0.15, 0.2) is 82.6 Å². The summed E-state index contributed by atoms with van der Waals surface area (Å²) in [7, 11) is -7.69. The monoisotopic (exact) mass is 635 g/mol. The molecule has 226 valence electrons. The summed E-state index contributed by atoms with van der Waals surface area (Å²) in [6, 6.07) is 18.4. The van der Waals surface area contributed by atoms with E-state index in [0.29, 0.717) is 36.2 Å². The smallest absolute Gasteiger partial charge is 0.264 e. The third-order valence-electron chi connectivity index (χ3n) is 6.59. The lowest BCUT2D eigenvalue weighted by Gasteiger charge is -2.26. The Bertz CT molecular complexity index is 1560. The molecule has 0 aromatic heterocycles. The molecule has 0 unspecified atom stereocenters. The normalized spacial score (nSPS) is 14.2. The van der Waals surface area contributed by atoms with Crippen molar-refractivity contribution in [3.8, 4) is 11.5 Å². The number of ether oxygens (including phenoxy) is 2. The second-order valence-corrected chi connectivity index (χ2v) is 13.7. The van der Waals surface area contributed by atoms with Crippen LogP contribution in [0.4, 0.5) is 5.69 Å². The molecule has 1 heterocycles. The molecule has 1 amide bonds. The average molecular weight is 636 g/mol. The van der Waals surface area contributed by atoms with Gasteiger partial charge in [-0.05, 0) is 80.4 Å².